The number of nitrogens with one attached hydrogen (secondary N) is 1. The monoisotopic (exact) mass is 290 g/mol. The van der Waals surface area contributed by atoms with Crippen LogP contribution in [0.3, 0.4) is 0 Å². The second-order valence-electron chi connectivity index (χ2n) is 5.64. The Bertz CT molecular complexity index is 518. The molecular weight excluding hydrogens is 268 g/mol. The molecule has 0 radical (unpaired) electrons. The summed E-state index contributed by atoms with van der Waals surface area (Å²) in [6, 6.07) is 6.71. The van der Waals surface area contributed by atoms with Crippen LogP contribution in [0.15, 0.2) is 18.2 Å². The van der Waals surface area contributed by atoms with E-state index in [1.807, 2.05) is 6.07 Å². The molecule has 1 fully saturated rings. The van der Waals surface area contributed by atoms with Gasteiger partial charge in [-0.1, -0.05) is 6.07 Å². The first-order chi connectivity index (χ1) is 10.2. The van der Waals surface area contributed by atoms with Gasteiger partial charge in [-0.25, -0.2) is 0 Å². The van der Waals surface area contributed by atoms with E-state index < -0.39 is 0 Å². The molecular formula is C16H22N2O3. The van der Waals surface area contributed by atoms with Crippen LogP contribution in [-0.4, -0.2) is 37.2 Å². The zero-order chi connectivity index (χ0) is 14.7. The minimum atomic E-state index is 0.0451. The van der Waals surface area contributed by atoms with Crippen molar-refractivity contribution >= 4 is 5.91 Å². The average Bonchev–Trinajstić information content (AvgIpc) is 3.11. The van der Waals surface area contributed by atoms with Crippen molar-refractivity contribution in [3.8, 4) is 11.5 Å². The fourth-order valence-electron chi connectivity index (χ4n) is 3.14. The van der Waals surface area contributed by atoms with E-state index in [1.54, 1.807) is 6.92 Å². The highest BCUT2D eigenvalue weighted by Gasteiger charge is 2.27. The van der Waals surface area contributed by atoms with Gasteiger partial charge >= 0.3 is 0 Å². The highest BCUT2D eigenvalue weighted by Crippen LogP contribution is 2.38. The molecule has 1 atom stereocenters. The van der Waals surface area contributed by atoms with Gasteiger partial charge in [0, 0.05) is 26.1 Å². The van der Waals surface area contributed by atoms with E-state index >= 15 is 0 Å². The van der Waals surface area contributed by atoms with Crippen molar-refractivity contribution in [2.45, 2.75) is 32.2 Å². The second-order valence-corrected chi connectivity index (χ2v) is 5.64. The number of hydrogen-bond donors (Lipinski definition) is 1. The van der Waals surface area contributed by atoms with Crippen LogP contribution in [0, 0.1) is 0 Å². The Hall–Kier alpha value is -1.75. The number of amides is 1. The quantitative estimate of drug-likeness (QED) is 0.844. The molecule has 5 nitrogen and oxygen atoms in total. The first kappa shape index (κ1) is 14.2. The molecule has 1 amide bonds. The molecule has 0 aromatic heterocycles. The third kappa shape index (κ3) is 3.29. The Kier molecular flexibility index (Phi) is 4.29. The molecule has 1 aromatic rings. The zero-order valence-corrected chi connectivity index (χ0v) is 12.4. The topological polar surface area (TPSA) is 50.8 Å². The standard InChI is InChI=1S/C16H22N2O3/c1-12(19)17-7-3-9-18-8-2-4-14(18)13-5-6-15-16(10-13)21-11-20-15/h5-6,10,14H,2-4,7-9,11H2,1H3,(H,17,19)/t14-/m1/s1. The van der Waals surface area contributed by atoms with Crippen molar-refractivity contribution in [3.63, 3.8) is 0 Å². The molecule has 0 bridgehead atoms. The van der Waals surface area contributed by atoms with E-state index in [4.69, 9.17) is 9.47 Å². The molecule has 3 rings (SSSR count). The lowest BCUT2D eigenvalue weighted by atomic mass is 10.0. The van der Waals surface area contributed by atoms with Crippen LogP contribution in [0.25, 0.3) is 0 Å². The smallest absolute Gasteiger partial charge is 0.231 e. The third-order valence-corrected chi connectivity index (χ3v) is 4.14. The number of likely N-dealkylation sites (tertiary alicyclic amines) is 1. The molecule has 21 heavy (non-hydrogen) atoms. The normalized spacial score (nSPS) is 20.7. The van der Waals surface area contributed by atoms with Gasteiger partial charge < -0.3 is 14.8 Å². The van der Waals surface area contributed by atoms with Crippen molar-refractivity contribution in [1.29, 1.82) is 0 Å². The molecule has 1 N–H and O–H groups in total. The summed E-state index contributed by atoms with van der Waals surface area (Å²) in [4.78, 5) is 13.4. The largest absolute Gasteiger partial charge is 0.454 e. The molecule has 2 heterocycles. The Morgan fingerprint density at radius 2 is 2.24 bits per heavy atom. The van der Waals surface area contributed by atoms with E-state index in [-0.39, 0.29) is 5.91 Å². The SMILES string of the molecule is CC(=O)NCCCN1CCC[C@@H]1c1ccc2c(c1)OCO2. The summed E-state index contributed by atoms with van der Waals surface area (Å²) in [6.45, 7) is 4.77. The highest BCUT2D eigenvalue weighted by molar-refractivity contribution is 5.72. The Morgan fingerprint density at radius 3 is 3.10 bits per heavy atom. The predicted molar refractivity (Wildman–Crippen MR) is 79.4 cm³/mol. The molecule has 2 aliphatic rings. The van der Waals surface area contributed by atoms with Crippen LogP contribution in [-0.2, 0) is 4.79 Å². The van der Waals surface area contributed by atoms with Gasteiger partial charge in [0.05, 0.1) is 0 Å². The summed E-state index contributed by atoms with van der Waals surface area (Å²) in [5.74, 6) is 1.75. The number of ether oxygens (including phenoxy) is 2. The van der Waals surface area contributed by atoms with Gasteiger partial charge in [-0.15, -0.1) is 0 Å². The van der Waals surface area contributed by atoms with E-state index in [2.05, 4.69) is 22.3 Å². The number of hydrogen-bond acceptors (Lipinski definition) is 4. The fourth-order valence-corrected chi connectivity index (χ4v) is 3.14. The number of nitrogens with zero attached hydrogens (tertiary/aromatic N) is 1. The van der Waals surface area contributed by atoms with Crippen LogP contribution in [0.1, 0.15) is 37.8 Å². The van der Waals surface area contributed by atoms with E-state index in [0.29, 0.717) is 12.8 Å². The summed E-state index contributed by atoms with van der Waals surface area (Å²) in [5.41, 5.74) is 1.30. The maximum atomic E-state index is 10.9. The maximum Gasteiger partial charge on any atom is 0.231 e. The molecule has 0 spiro atoms. The minimum Gasteiger partial charge on any atom is -0.454 e. The minimum absolute atomic E-state index is 0.0451. The second kappa shape index (κ2) is 6.35. The number of carbonyl (C=O) groups excluding carboxylic acids is 1. The number of carbonyl (C=O) groups is 1. The molecule has 0 saturated carbocycles. The van der Waals surface area contributed by atoms with E-state index in [0.717, 1.165) is 37.6 Å². The van der Waals surface area contributed by atoms with Crippen molar-refractivity contribution in [1.82, 2.24) is 10.2 Å². The molecule has 114 valence electrons. The highest BCUT2D eigenvalue weighted by atomic mass is 16.7. The average molecular weight is 290 g/mol. The summed E-state index contributed by atoms with van der Waals surface area (Å²) >= 11 is 0. The first-order valence-electron chi connectivity index (χ1n) is 7.62. The third-order valence-electron chi connectivity index (χ3n) is 4.14. The van der Waals surface area contributed by atoms with Gasteiger partial charge in [0.25, 0.3) is 0 Å². The fraction of sp³-hybridized carbons (Fsp3) is 0.562. The van der Waals surface area contributed by atoms with Gasteiger partial charge in [0.15, 0.2) is 11.5 Å². The summed E-state index contributed by atoms with van der Waals surface area (Å²) < 4.78 is 10.8. The molecule has 1 aromatic carbocycles. The van der Waals surface area contributed by atoms with Crippen molar-refractivity contribution in [2.24, 2.45) is 0 Å². The number of rotatable bonds is 5. The number of benzene rings is 1. The molecule has 2 aliphatic heterocycles. The number of fused-ring (bicyclic) bond motifs is 1. The lowest BCUT2D eigenvalue weighted by Gasteiger charge is -2.25. The van der Waals surface area contributed by atoms with E-state index in [9.17, 15) is 4.79 Å². The van der Waals surface area contributed by atoms with Crippen LogP contribution >= 0.6 is 0 Å². The molecule has 0 aliphatic carbocycles. The Morgan fingerprint density at radius 1 is 1.38 bits per heavy atom. The Balaban J connectivity index is 1.60. The van der Waals surface area contributed by atoms with Crippen LogP contribution in [0.4, 0.5) is 0 Å². The van der Waals surface area contributed by atoms with Crippen molar-refractivity contribution in [2.75, 3.05) is 26.4 Å². The first-order valence-corrected chi connectivity index (χ1v) is 7.62. The Labute approximate surface area is 125 Å². The lowest BCUT2D eigenvalue weighted by Crippen LogP contribution is -2.28. The molecule has 5 heteroatoms. The van der Waals surface area contributed by atoms with Gasteiger partial charge in [0.2, 0.25) is 12.7 Å². The van der Waals surface area contributed by atoms with Crippen molar-refractivity contribution < 1.29 is 14.3 Å². The lowest BCUT2D eigenvalue weighted by molar-refractivity contribution is -0.118. The zero-order valence-electron chi connectivity index (χ0n) is 12.4. The van der Waals surface area contributed by atoms with E-state index in [1.165, 1.54) is 18.4 Å². The van der Waals surface area contributed by atoms with Gasteiger partial charge in [0.1, 0.15) is 0 Å². The van der Waals surface area contributed by atoms with Crippen LogP contribution < -0.4 is 14.8 Å². The molecule has 0 unspecified atom stereocenters. The van der Waals surface area contributed by atoms with Gasteiger partial charge in [-0.3, -0.25) is 9.69 Å². The molecule has 1 saturated heterocycles. The summed E-state index contributed by atoms with van der Waals surface area (Å²) in [5, 5.41) is 2.86. The van der Waals surface area contributed by atoms with Crippen LogP contribution in [0.2, 0.25) is 0 Å². The van der Waals surface area contributed by atoms with Gasteiger partial charge in [-0.2, -0.15) is 0 Å². The summed E-state index contributed by atoms with van der Waals surface area (Å²) in [7, 11) is 0. The predicted octanol–water partition coefficient (Wildman–Crippen LogP) is 2.08. The van der Waals surface area contributed by atoms with Crippen molar-refractivity contribution in [3.05, 3.63) is 23.8 Å². The van der Waals surface area contributed by atoms with Gasteiger partial charge in [-0.05, 0) is 43.5 Å². The summed E-state index contributed by atoms with van der Waals surface area (Å²) in [6.07, 6.45) is 3.39. The van der Waals surface area contributed by atoms with Crippen LogP contribution in [0.5, 0.6) is 11.5 Å². The maximum absolute atomic E-state index is 10.9.